The Balaban J connectivity index is 1.89. The van der Waals surface area contributed by atoms with Crippen molar-refractivity contribution in [1.82, 2.24) is 4.90 Å². The van der Waals surface area contributed by atoms with Crippen LogP contribution < -0.4 is 0 Å². The lowest BCUT2D eigenvalue weighted by atomic mass is 9.73. The van der Waals surface area contributed by atoms with Gasteiger partial charge in [0.1, 0.15) is 0 Å². The maximum absolute atomic E-state index is 2.36. The van der Waals surface area contributed by atoms with Crippen LogP contribution in [-0.4, -0.2) is 25.5 Å². The normalized spacial score (nSPS) is 25.9. The second kappa shape index (κ2) is 4.20. The first-order chi connectivity index (χ1) is 9.72. The van der Waals surface area contributed by atoms with Gasteiger partial charge in [0.05, 0.1) is 0 Å². The maximum atomic E-state index is 2.36. The highest BCUT2D eigenvalue weighted by Gasteiger charge is 2.51. The molecule has 1 nitrogen and oxygen atoms in total. The minimum atomic E-state index is 0.266. The van der Waals surface area contributed by atoms with Gasteiger partial charge in [-0.25, -0.2) is 0 Å². The number of rotatable bonds is 3. The van der Waals surface area contributed by atoms with Crippen LogP contribution in [0.5, 0.6) is 0 Å². The van der Waals surface area contributed by atoms with Crippen molar-refractivity contribution >= 4 is 0 Å². The van der Waals surface area contributed by atoms with E-state index in [1.807, 2.05) is 0 Å². The predicted molar refractivity (Wildman–Crippen MR) is 83.3 cm³/mol. The molecule has 0 radical (unpaired) electrons. The highest BCUT2D eigenvalue weighted by molar-refractivity contribution is 5.62. The molecule has 0 saturated heterocycles. The highest BCUT2D eigenvalue weighted by Crippen LogP contribution is 2.61. The average molecular weight is 263 g/mol. The summed E-state index contributed by atoms with van der Waals surface area (Å²) in [7, 11) is 4.35. The highest BCUT2D eigenvalue weighted by atomic mass is 15.0. The van der Waals surface area contributed by atoms with E-state index in [0.29, 0.717) is 5.92 Å². The van der Waals surface area contributed by atoms with Crippen molar-refractivity contribution < 1.29 is 0 Å². The first-order valence-corrected chi connectivity index (χ1v) is 7.56. The van der Waals surface area contributed by atoms with Crippen LogP contribution >= 0.6 is 0 Å². The van der Waals surface area contributed by atoms with Crippen molar-refractivity contribution in [3.63, 3.8) is 0 Å². The Morgan fingerprint density at radius 2 is 1.50 bits per heavy atom. The number of benzene rings is 2. The van der Waals surface area contributed by atoms with Crippen molar-refractivity contribution in [3.05, 3.63) is 70.8 Å². The fourth-order valence-corrected chi connectivity index (χ4v) is 4.36. The molecule has 2 aliphatic rings. The van der Waals surface area contributed by atoms with Crippen LogP contribution in [-0.2, 0) is 5.41 Å². The van der Waals surface area contributed by atoms with Crippen LogP contribution in [0.15, 0.2) is 48.5 Å². The SMILES string of the molecule is CN(C)CCC12CC(c3ccccc31)c1ccccc12. The van der Waals surface area contributed by atoms with Gasteiger partial charge in [-0.3, -0.25) is 0 Å². The third-order valence-corrected chi connectivity index (χ3v) is 5.24. The zero-order valence-electron chi connectivity index (χ0n) is 12.3. The first-order valence-electron chi connectivity index (χ1n) is 7.56. The van der Waals surface area contributed by atoms with Crippen LogP contribution in [0.3, 0.4) is 0 Å². The Hall–Kier alpha value is -1.60. The molecule has 0 fully saturated rings. The third-order valence-electron chi connectivity index (χ3n) is 5.24. The molecule has 2 aliphatic carbocycles. The van der Waals surface area contributed by atoms with Crippen LogP contribution in [0.4, 0.5) is 0 Å². The zero-order valence-corrected chi connectivity index (χ0v) is 12.3. The van der Waals surface area contributed by atoms with Gasteiger partial charge in [0, 0.05) is 11.3 Å². The lowest BCUT2D eigenvalue weighted by molar-refractivity contribution is 0.347. The Morgan fingerprint density at radius 1 is 0.950 bits per heavy atom. The molecule has 2 aromatic rings. The lowest BCUT2D eigenvalue weighted by Gasteiger charge is -2.32. The molecular formula is C19H21N. The van der Waals surface area contributed by atoms with Gasteiger partial charge in [-0.05, 0) is 55.7 Å². The Kier molecular flexibility index (Phi) is 2.55. The van der Waals surface area contributed by atoms with E-state index in [1.165, 1.54) is 12.8 Å². The molecule has 0 aromatic heterocycles. The molecule has 2 bridgehead atoms. The summed E-state index contributed by atoms with van der Waals surface area (Å²) in [6.07, 6.45) is 2.50. The van der Waals surface area contributed by atoms with E-state index in [4.69, 9.17) is 0 Å². The number of hydrogen-bond donors (Lipinski definition) is 0. The standard InChI is InChI=1S/C19H21N/c1-20(2)12-11-19-13-16(14-7-3-5-9-17(14)19)15-8-4-6-10-18(15)19/h3-10,16H,11-13H2,1-2H3. The van der Waals surface area contributed by atoms with Crippen molar-refractivity contribution in [2.45, 2.75) is 24.2 Å². The summed E-state index contributed by atoms with van der Waals surface area (Å²) in [6.45, 7) is 1.15. The summed E-state index contributed by atoms with van der Waals surface area (Å²) < 4.78 is 0. The quantitative estimate of drug-likeness (QED) is 0.814. The first kappa shape index (κ1) is 12.2. The molecule has 0 heterocycles. The molecule has 0 aliphatic heterocycles. The number of fused-ring (bicyclic) bond motifs is 8. The van der Waals surface area contributed by atoms with Crippen molar-refractivity contribution in [1.29, 1.82) is 0 Å². The second-order valence-electron chi connectivity index (χ2n) is 6.57. The molecule has 20 heavy (non-hydrogen) atoms. The summed E-state index contributed by atoms with van der Waals surface area (Å²) in [4.78, 5) is 2.31. The molecule has 4 rings (SSSR count). The van der Waals surface area contributed by atoms with Crippen LogP contribution in [0.25, 0.3) is 0 Å². The van der Waals surface area contributed by atoms with Gasteiger partial charge in [0.2, 0.25) is 0 Å². The maximum Gasteiger partial charge on any atom is 0.0230 e. The summed E-state index contributed by atoms with van der Waals surface area (Å²) in [6, 6.07) is 18.2. The largest absolute Gasteiger partial charge is 0.309 e. The lowest BCUT2D eigenvalue weighted by Crippen LogP contribution is -2.29. The van der Waals surface area contributed by atoms with Crippen molar-refractivity contribution in [2.75, 3.05) is 20.6 Å². The van der Waals surface area contributed by atoms with E-state index in [1.54, 1.807) is 22.3 Å². The summed E-state index contributed by atoms with van der Waals surface area (Å²) in [5.74, 6) is 0.629. The number of hydrogen-bond acceptors (Lipinski definition) is 1. The van der Waals surface area contributed by atoms with E-state index >= 15 is 0 Å². The molecule has 102 valence electrons. The van der Waals surface area contributed by atoms with Gasteiger partial charge in [0.25, 0.3) is 0 Å². The van der Waals surface area contributed by atoms with E-state index in [-0.39, 0.29) is 5.41 Å². The summed E-state index contributed by atoms with van der Waals surface area (Å²) in [5, 5.41) is 0. The van der Waals surface area contributed by atoms with E-state index in [2.05, 4.69) is 67.5 Å². The Morgan fingerprint density at radius 3 is 2.05 bits per heavy atom. The monoisotopic (exact) mass is 263 g/mol. The zero-order chi connectivity index (χ0) is 13.7. The molecular weight excluding hydrogens is 242 g/mol. The van der Waals surface area contributed by atoms with Crippen molar-refractivity contribution in [2.24, 2.45) is 0 Å². The van der Waals surface area contributed by atoms with Gasteiger partial charge in [0.15, 0.2) is 0 Å². The van der Waals surface area contributed by atoms with E-state index in [9.17, 15) is 0 Å². The molecule has 2 aromatic carbocycles. The molecule has 1 heteroatoms. The fourth-order valence-electron chi connectivity index (χ4n) is 4.36. The Labute approximate surface area is 121 Å². The molecule has 0 saturated carbocycles. The topological polar surface area (TPSA) is 3.24 Å². The van der Waals surface area contributed by atoms with Gasteiger partial charge in [-0.15, -0.1) is 0 Å². The van der Waals surface area contributed by atoms with Gasteiger partial charge >= 0.3 is 0 Å². The molecule has 0 spiro atoms. The molecule has 0 unspecified atom stereocenters. The fraction of sp³-hybridized carbons (Fsp3) is 0.368. The van der Waals surface area contributed by atoms with E-state index < -0.39 is 0 Å². The van der Waals surface area contributed by atoms with Crippen molar-refractivity contribution in [3.8, 4) is 0 Å². The molecule has 0 N–H and O–H groups in total. The van der Waals surface area contributed by atoms with E-state index in [0.717, 1.165) is 6.54 Å². The minimum absolute atomic E-state index is 0.266. The third kappa shape index (κ3) is 1.47. The summed E-state index contributed by atoms with van der Waals surface area (Å²) >= 11 is 0. The average Bonchev–Trinajstić information content (AvgIpc) is 2.98. The summed E-state index contributed by atoms with van der Waals surface area (Å²) in [5.41, 5.74) is 6.59. The number of nitrogens with zero attached hydrogens (tertiary/aromatic N) is 1. The second-order valence-corrected chi connectivity index (χ2v) is 6.57. The van der Waals surface area contributed by atoms with Gasteiger partial charge in [-0.2, -0.15) is 0 Å². The molecule has 0 atom stereocenters. The van der Waals surface area contributed by atoms with Gasteiger partial charge in [-0.1, -0.05) is 48.5 Å². The smallest absolute Gasteiger partial charge is 0.0230 e. The Bertz CT molecular complexity index is 609. The van der Waals surface area contributed by atoms with Crippen LogP contribution in [0.1, 0.15) is 41.0 Å². The predicted octanol–water partition coefficient (Wildman–Crippen LogP) is 3.77. The minimum Gasteiger partial charge on any atom is -0.309 e. The molecule has 0 amide bonds. The van der Waals surface area contributed by atoms with Gasteiger partial charge < -0.3 is 4.90 Å². The van der Waals surface area contributed by atoms with Crippen LogP contribution in [0, 0.1) is 0 Å². The van der Waals surface area contributed by atoms with Crippen LogP contribution in [0.2, 0.25) is 0 Å².